The van der Waals surface area contributed by atoms with Crippen LogP contribution in [-0.4, -0.2) is 0 Å². The Balaban J connectivity index is 2.96. The SMILES string of the molecule is N#CCC(N)c1ccc(I)cc1F. The lowest BCUT2D eigenvalue weighted by molar-refractivity contribution is 0.584. The number of nitrogens with zero attached hydrogens (tertiary/aromatic N) is 1. The molecule has 0 saturated carbocycles. The van der Waals surface area contributed by atoms with Crippen molar-refractivity contribution in [1.29, 1.82) is 5.26 Å². The Kier molecular flexibility index (Phi) is 3.63. The molecule has 4 heteroatoms. The maximum Gasteiger partial charge on any atom is 0.129 e. The van der Waals surface area contributed by atoms with Gasteiger partial charge in [0.25, 0.3) is 0 Å². The first-order valence-corrected chi connectivity index (χ1v) is 4.80. The molecular formula is C9H8FIN2. The fourth-order valence-corrected chi connectivity index (χ4v) is 1.46. The largest absolute Gasteiger partial charge is 0.323 e. The van der Waals surface area contributed by atoms with E-state index in [0.717, 1.165) is 3.57 Å². The molecule has 0 heterocycles. The Hall–Kier alpha value is -0.670. The van der Waals surface area contributed by atoms with Gasteiger partial charge in [-0.2, -0.15) is 5.26 Å². The van der Waals surface area contributed by atoms with E-state index in [9.17, 15) is 4.39 Å². The molecule has 0 aliphatic rings. The van der Waals surface area contributed by atoms with Crippen molar-refractivity contribution < 1.29 is 4.39 Å². The number of hydrogen-bond acceptors (Lipinski definition) is 2. The van der Waals surface area contributed by atoms with Gasteiger partial charge >= 0.3 is 0 Å². The first-order valence-electron chi connectivity index (χ1n) is 3.72. The summed E-state index contributed by atoms with van der Waals surface area (Å²) in [5, 5.41) is 8.39. The zero-order valence-electron chi connectivity index (χ0n) is 6.80. The number of halogens is 2. The third-order valence-electron chi connectivity index (χ3n) is 1.67. The molecular weight excluding hydrogens is 282 g/mol. The van der Waals surface area contributed by atoms with Crippen LogP contribution in [0, 0.1) is 20.7 Å². The van der Waals surface area contributed by atoms with E-state index in [0.29, 0.717) is 5.56 Å². The summed E-state index contributed by atoms with van der Waals surface area (Å²) < 4.78 is 14.1. The molecule has 0 aliphatic heterocycles. The van der Waals surface area contributed by atoms with Gasteiger partial charge in [0, 0.05) is 15.2 Å². The predicted octanol–water partition coefficient (Wildman–Crippen LogP) is 2.34. The van der Waals surface area contributed by atoms with E-state index in [1.165, 1.54) is 6.07 Å². The Morgan fingerprint density at radius 3 is 2.85 bits per heavy atom. The number of rotatable bonds is 2. The minimum atomic E-state index is -0.526. The zero-order chi connectivity index (χ0) is 9.84. The smallest absolute Gasteiger partial charge is 0.129 e. The highest BCUT2D eigenvalue weighted by Gasteiger charge is 2.10. The lowest BCUT2D eigenvalue weighted by Gasteiger charge is -2.08. The van der Waals surface area contributed by atoms with Gasteiger partial charge in [0.05, 0.1) is 12.5 Å². The van der Waals surface area contributed by atoms with Crippen LogP contribution < -0.4 is 5.73 Å². The summed E-state index contributed by atoms with van der Waals surface area (Å²) in [5.41, 5.74) is 6.00. The van der Waals surface area contributed by atoms with Crippen LogP contribution in [0.5, 0.6) is 0 Å². The van der Waals surface area contributed by atoms with E-state index in [1.54, 1.807) is 12.1 Å². The van der Waals surface area contributed by atoms with Crippen LogP contribution in [0.15, 0.2) is 18.2 Å². The summed E-state index contributed by atoms with van der Waals surface area (Å²) >= 11 is 2.02. The molecule has 0 aromatic heterocycles. The Morgan fingerprint density at radius 1 is 1.62 bits per heavy atom. The highest BCUT2D eigenvalue weighted by molar-refractivity contribution is 14.1. The average Bonchev–Trinajstić information content (AvgIpc) is 2.04. The third-order valence-corrected chi connectivity index (χ3v) is 2.34. The van der Waals surface area contributed by atoms with Crippen LogP contribution in [0.2, 0.25) is 0 Å². The van der Waals surface area contributed by atoms with Gasteiger partial charge < -0.3 is 5.73 Å². The van der Waals surface area contributed by atoms with Gasteiger partial charge in [0.15, 0.2) is 0 Å². The maximum absolute atomic E-state index is 13.2. The molecule has 1 unspecified atom stereocenters. The molecule has 0 bridgehead atoms. The summed E-state index contributed by atoms with van der Waals surface area (Å²) in [6, 6.07) is 6.20. The molecule has 0 saturated heterocycles. The van der Waals surface area contributed by atoms with Crippen molar-refractivity contribution in [2.75, 3.05) is 0 Å². The molecule has 0 amide bonds. The van der Waals surface area contributed by atoms with Crippen molar-refractivity contribution in [2.45, 2.75) is 12.5 Å². The molecule has 0 radical (unpaired) electrons. The summed E-state index contributed by atoms with van der Waals surface area (Å²) in [5.74, 6) is -0.338. The summed E-state index contributed by atoms with van der Waals surface area (Å²) in [6.07, 6.45) is 0.136. The van der Waals surface area contributed by atoms with Gasteiger partial charge in [-0.1, -0.05) is 6.07 Å². The second kappa shape index (κ2) is 4.53. The third kappa shape index (κ3) is 2.64. The molecule has 68 valence electrons. The Labute approximate surface area is 89.7 Å². The first-order chi connectivity index (χ1) is 6.15. The highest BCUT2D eigenvalue weighted by Crippen LogP contribution is 2.19. The van der Waals surface area contributed by atoms with E-state index in [-0.39, 0.29) is 12.2 Å². The molecule has 0 fully saturated rings. The summed E-state index contributed by atoms with van der Waals surface area (Å²) in [6.45, 7) is 0. The lowest BCUT2D eigenvalue weighted by atomic mass is 10.1. The van der Waals surface area contributed by atoms with E-state index in [1.807, 2.05) is 28.7 Å². The molecule has 0 spiro atoms. The van der Waals surface area contributed by atoms with Gasteiger partial charge in [0.1, 0.15) is 5.82 Å². The van der Waals surface area contributed by atoms with Crippen LogP contribution in [0.25, 0.3) is 0 Å². The minimum Gasteiger partial charge on any atom is -0.323 e. The average molecular weight is 290 g/mol. The first kappa shape index (κ1) is 10.4. The monoisotopic (exact) mass is 290 g/mol. The van der Waals surface area contributed by atoms with Gasteiger partial charge in [-0.25, -0.2) is 4.39 Å². The van der Waals surface area contributed by atoms with Crippen molar-refractivity contribution >= 4 is 22.6 Å². The molecule has 1 aromatic rings. The van der Waals surface area contributed by atoms with Crippen LogP contribution in [0.3, 0.4) is 0 Å². The molecule has 2 N–H and O–H groups in total. The van der Waals surface area contributed by atoms with Crippen molar-refractivity contribution in [3.8, 4) is 6.07 Å². The quantitative estimate of drug-likeness (QED) is 0.850. The van der Waals surface area contributed by atoms with Crippen LogP contribution >= 0.6 is 22.6 Å². The van der Waals surface area contributed by atoms with E-state index < -0.39 is 6.04 Å². The van der Waals surface area contributed by atoms with Crippen molar-refractivity contribution in [2.24, 2.45) is 5.73 Å². The number of nitriles is 1. The van der Waals surface area contributed by atoms with E-state index in [2.05, 4.69) is 0 Å². The number of benzene rings is 1. The lowest BCUT2D eigenvalue weighted by Crippen LogP contribution is -2.11. The fourth-order valence-electron chi connectivity index (χ4n) is 1.01. The maximum atomic E-state index is 13.2. The zero-order valence-corrected chi connectivity index (χ0v) is 8.95. The topological polar surface area (TPSA) is 49.8 Å². The molecule has 0 aliphatic carbocycles. The Bertz CT molecular complexity index is 346. The van der Waals surface area contributed by atoms with Crippen LogP contribution in [-0.2, 0) is 0 Å². The summed E-state index contributed by atoms with van der Waals surface area (Å²) in [7, 11) is 0. The fraction of sp³-hybridized carbons (Fsp3) is 0.222. The van der Waals surface area contributed by atoms with Crippen molar-refractivity contribution in [3.05, 3.63) is 33.1 Å². The van der Waals surface area contributed by atoms with E-state index in [4.69, 9.17) is 11.0 Å². The van der Waals surface area contributed by atoms with Gasteiger partial charge in [-0.05, 0) is 34.7 Å². The van der Waals surface area contributed by atoms with Crippen LogP contribution in [0.1, 0.15) is 18.0 Å². The summed E-state index contributed by atoms with van der Waals surface area (Å²) in [4.78, 5) is 0. The van der Waals surface area contributed by atoms with Gasteiger partial charge in [-0.3, -0.25) is 0 Å². The van der Waals surface area contributed by atoms with E-state index >= 15 is 0 Å². The second-order valence-corrected chi connectivity index (χ2v) is 3.88. The number of hydrogen-bond donors (Lipinski definition) is 1. The molecule has 13 heavy (non-hydrogen) atoms. The molecule has 1 rings (SSSR count). The molecule has 2 nitrogen and oxygen atoms in total. The van der Waals surface area contributed by atoms with Crippen molar-refractivity contribution in [1.82, 2.24) is 0 Å². The van der Waals surface area contributed by atoms with Gasteiger partial charge in [0.2, 0.25) is 0 Å². The number of nitrogens with two attached hydrogens (primary N) is 1. The second-order valence-electron chi connectivity index (χ2n) is 2.63. The highest BCUT2D eigenvalue weighted by atomic mass is 127. The molecule has 1 aromatic carbocycles. The Morgan fingerprint density at radius 2 is 2.31 bits per heavy atom. The predicted molar refractivity (Wildman–Crippen MR) is 56.3 cm³/mol. The molecule has 1 atom stereocenters. The normalized spacial score (nSPS) is 12.2. The minimum absolute atomic E-state index is 0.136. The standard InChI is InChI=1S/C9H8FIN2/c10-8-5-6(11)1-2-7(8)9(13)3-4-12/h1-2,5,9H,3,13H2. The van der Waals surface area contributed by atoms with Gasteiger partial charge in [-0.15, -0.1) is 0 Å². The van der Waals surface area contributed by atoms with Crippen LogP contribution in [0.4, 0.5) is 4.39 Å². The van der Waals surface area contributed by atoms with Crippen molar-refractivity contribution in [3.63, 3.8) is 0 Å².